The quantitative estimate of drug-likeness (QED) is 0.893. The number of para-hydroxylation sites is 1. The highest BCUT2D eigenvalue weighted by Crippen LogP contribution is 2.23. The molecule has 2 aromatic rings. The van der Waals surface area contributed by atoms with Crippen molar-refractivity contribution in [3.63, 3.8) is 0 Å². The molecule has 0 aliphatic heterocycles. The van der Waals surface area contributed by atoms with Gasteiger partial charge in [0.1, 0.15) is 17.4 Å². The molecule has 1 aromatic carbocycles. The average molecular weight is 243 g/mol. The van der Waals surface area contributed by atoms with Gasteiger partial charge in [0.2, 0.25) is 5.88 Å². The smallest absolute Gasteiger partial charge is 0.224 e. The predicted octanol–water partition coefficient (Wildman–Crippen LogP) is 3.43. The monoisotopic (exact) mass is 243 g/mol. The lowest BCUT2D eigenvalue weighted by Crippen LogP contribution is -2.03. The maximum absolute atomic E-state index is 5.72. The number of hydrogen-bond donors (Lipinski definition) is 1. The molecule has 0 aliphatic carbocycles. The van der Waals surface area contributed by atoms with Crippen LogP contribution in [0.3, 0.4) is 0 Å². The van der Waals surface area contributed by atoms with Crippen LogP contribution in [-0.2, 0) is 0 Å². The SMILES string of the molecule is CNc1cc(Oc2ccccc2)nc(C(C)C)n1. The van der Waals surface area contributed by atoms with Gasteiger partial charge in [0.25, 0.3) is 0 Å². The minimum Gasteiger partial charge on any atom is -0.439 e. The van der Waals surface area contributed by atoms with E-state index < -0.39 is 0 Å². The van der Waals surface area contributed by atoms with E-state index in [1.54, 1.807) is 6.07 Å². The van der Waals surface area contributed by atoms with Crippen LogP contribution in [0.15, 0.2) is 36.4 Å². The molecule has 1 N–H and O–H groups in total. The fourth-order valence-electron chi connectivity index (χ4n) is 1.49. The molecule has 0 bridgehead atoms. The second kappa shape index (κ2) is 5.49. The van der Waals surface area contributed by atoms with Gasteiger partial charge in [-0.25, -0.2) is 4.98 Å². The minimum atomic E-state index is 0.261. The Bertz CT molecular complexity index is 512. The molecule has 0 saturated heterocycles. The van der Waals surface area contributed by atoms with Gasteiger partial charge in [0.05, 0.1) is 0 Å². The Morgan fingerprint density at radius 3 is 2.44 bits per heavy atom. The molecule has 4 nitrogen and oxygen atoms in total. The highest BCUT2D eigenvalue weighted by atomic mass is 16.5. The first-order valence-electron chi connectivity index (χ1n) is 5.98. The fraction of sp³-hybridized carbons (Fsp3) is 0.286. The van der Waals surface area contributed by atoms with Crippen LogP contribution in [-0.4, -0.2) is 17.0 Å². The van der Waals surface area contributed by atoms with Gasteiger partial charge < -0.3 is 10.1 Å². The average Bonchev–Trinajstić information content (AvgIpc) is 2.39. The lowest BCUT2D eigenvalue weighted by Gasteiger charge is -2.10. The van der Waals surface area contributed by atoms with Crippen molar-refractivity contribution in [1.82, 2.24) is 9.97 Å². The molecular weight excluding hydrogens is 226 g/mol. The highest BCUT2D eigenvalue weighted by Gasteiger charge is 2.08. The molecule has 0 spiro atoms. The predicted molar refractivity (Wildman–Crippen MR) is 72.2 cm³/mol. The van der Waals surface area contributed by atoms with E-state index in [1.165, 1.54) is 0 Å². The zero-order valence-corrected chi connectivity index (χ0v) is 10.8. The molecule has 94 valence electrons. The van der Waals surface area contributed by atoms with Gasteiger partial charge in [-0.15, -0.1) is 0 Å². The number of anilines is 1. The number of benzene rings is 1. The van der Waals surface area contributed by atoms with Gasteiger partial charge in [-0.3, -0.25) is 0 Å². The Kier molecular flexibility index (Phi) is 3.77. The number of rotatable bonds is 4. The summed E-state index contributed by atoms with van der Waals surface area (Å²) >= 11 is 0. The summed E-state index contributed by atoms with van der Waals surface area (Å²) in [5, 5.41) is 3.02. The van der Waals surface area contributed by atoms with Crippen molar-refractivity contribution in [2.75, 3.05) is 12.4 Å². The van der Waals surface area contributed by atoms with Gasteiger partial charge in [0.15, 0.2) is 0 Å². The molecule has 1 heterocycles. The summed E-state index contributed by atoms with van der Waals surface area (Å²) in [4.78, 5) is 8.79. The van der Waals surface area contributed by atoms with E-state index in [2.05, 4.69) is 29.1 Å². The zero-order chi connectivity index (χ0) is 13.0. The molecule has 4 heteroatoms. The summed E-state index contributed by atoms with van der Waals surface area (Å²) in [5.41, 5.74) is 0. The standard InChI is InChI=1S/C14H17N3O/c1-10(2)14-16-12(15-3)9-13(17-14)18-11-7-5-4-6-8-11/h4-10H,1-3H3,(H,15,16,17). The number of nitrogens with zero attached hydrogens (tertiary/aromatic N) is 2. The van der Waals surface area contributed by atoms with Gasteiger partial charge in [0, 0.05) is 19.0 Å². The molecule has 0 amide bonds. The van der Waals surface area contributed by atoms with Crippen molar-refractivity contribution in [3.05, 3.63) is 42.2 Å². The van der Waals surface area contributed by atoms with E-state index in [1.807, 2.05) is 37.4 Å². The third-order valence-electron chi connectivity index (χ3n) is 2.46. The van der Waals surface area contributed by atoms with Crippen molar-refractivity contribution in [1.29, 1.82) is 0 Å². The minimum absolute atomic E-state index is 0.261. The summed E-state index contributed by atoms with van der Waals surface area (Å²) < 4.78 is 5.72. The number of nitrogens with one attached hydrogen (secondary N) is 1. The zero-order valence-electron chi connectivity index (χ0n) is 10.8. The normalized spacial score (nSPS) is 10.4. The molecule has 2 rings (SSSR count). The van der Waals surface area contributed by atoms with Gasteiger partial charge in [-0.2, -0.15) is 4.98 Å². The second-order valence-electron chi connectivity index (χ2n) is 4.27. The third kappa shape index (κ3) is 2.97. The largest absolute Gasteiger partial charge is 0.439 e. The Balaban J connectivity index is 2.30. The highest BCUT2D eigenvalue weighted by molar-refractivity contribution is 5.39. The van der Waals surface area contributed by atoms with Crippen LogP contribution >= 0.6 is 0 Å². The van der Waals surface area contributed by atoms with Crippen LogP contribution in [0.2, 0.25) is 0 Å². The first-order chi connectivity index (χ1) is 8.69. The van der Waals surface area contributed by atoms with Crippen LogP contribution in [0.25, 0.3) is 0 Å². The lowest BCUT2D eigenvalue weighted by molar-refractivity contribution is 0.457. The van der Waals surface area contributed by atoms with Gasteiger partial charge >= 0.3 is 0 Å². The first kappa shape index (κ1) is 12.4. The Morgan fingerprint density at radius 2 is 1.83 bits per heavy atom. The Hall–Kier alpha value is -2.10. The molecule has 0 unspecified atom stereocenters. The first-order valence-corrected chi connectivity index (χ1v) is 5.98. The molecule has 0 radical (unpaired) electrons. The fourth-order valence-corrected chi connectivity index (χ4v) is 1.49. The summed E-state index contributed by atoms with van der Waals surface area (Å²) in [6.07, 6.45) is 0. The Morgan fingerprint density at radius 1 is 1.11 bits per heavy atom. The topological polar surface area (TPSA) is 47.0 Å². The summed E-state index contributed by atoms with van der Waals surface area (Å²) in [6.45, 7) is 4.11. The number of ether oxygens (including phenoxy) is 1. The van der Waals surface area contributed by atoms with Crippen molar-refractivity contribution in [3.8, 4) is 11.6 Å². The van der Waals surface area contributed by atoms with E-state index >= 15 is 0 Å². The van der Waals surface area contributed by atoms with Crippen LogP contribution in [0.5, 0.6) is 11.6 Å². The summed E-state index contributed by atoms with van der Waals surface area (Å²) in [7, 11) is 1.83. The van der Waals surface area contributed by atoms with Crippen LogP contribution in [0.4, 0.5) is 5.82 Å². The van der Waals surface area contributed by atoms with Gasteiger partial charge in [-0.05, 0) is 12.1 Å². The maximum atomic E-state index is 5.72. The summed E-state index contributed by atoms with van der Waals surface area (Å²) in [5.74, 6) is 3.13. The van der Waals surface area contributed by atoms with E-state index in [0.717, 1.165) is 17.4 Å². The number of aromatic nitrogens is 2. The van der Waals surface area contributed by atoms with E-state index in [0.29, 0.717) is 5.88 Å². The molecule has 0 fully saturated rings. The van der Waals surface area contributed by atoms with E-state index in [9.17, 15) is 0 Å². The molecule has 1 aromatic heterocycles. The van der Waals surface area contributed by atoms with E-state index in [-0.39, 0.29) is 5.92 Å². The van der Waals surface area contributed by atoms with Crippen molar-refractivity contribution >= 4 is 5.82 Å². The number of hydrogen-bond acceptors (Lipinski definition) is 4. The van der Waals surface area contributed by atoms with Crippen molar-refractivity contribution < 1.29 is 4.74 Å². The third-order valence-corrected chi connectivity index (χ3v) is 2.46. The van der Waals surface area contributed by atoms with Crippen molar-refractivity contribution in [2.45, 2.75) is 19.8 Å². The van der Waals surface area contributed by atoms with Crippen LogP contribution in [0, 0.1) is 0 Å². The molecule has 0 atom stereocenters. The molecular formula is C14H17N3O. The van der Waals surface area contributed by atoms with E-state index in [4.69, 9.17) is 4.74 Å². The molecule has 0 aliphatic rings. The summed E-state index contributed by atoms with van der Waals surface area (Å²) in [6, 6.07) is 11.4. The second-order valence-corrected chi connectivity index (χ2v) is 4.27. The van der Waals surface area contributed by atoms with Crippen LogP contribution in [0.1, 0.15) is 25.6 Å². The van der Waals surface area contributed by atoms with Crippen molar-refractivity contribution in [2.24, 2.45) is 0 Å². The van der Waals surface area contributed by atoms with Gasteiger partial charge in [-0.1, -0.05) is 32.0 Å². The maximum Gasteiger partial charge on any atom is 0.224 e. The molecule has 0 saturated carbocycles. The Labute approximate surface area is 107 Å². The lowest BCUT2D eigenvalue weighted by atomic mass is 10.2. The van der Waals surface area contributed by atoms with Crippen LogP contribution < -0.4 is 10.1 Å². The molecule has 18 heavy (non-hydrogen) atoms.